The first-order valence-corrected chi connectivity index (χ1v) is 8.27. The van der Waals surface area contributed by atoms with Gasteiger partial charge in [0.05, 0.1) is 15.1 Å². The zero-order valence-corrected chi connectivity index (χ0v) is 13.6. The fraction of sp³-hybridized carbons (Fsp3) is 0. The monoisotopic (exact) mass is 349 g/mol. The molecule has 0 saturated heterocycles. The summed E-state index contributed by atoms with van der Waals surface area (Å²) in [4.78, 5) is 27.9. The maximum Gasteiger partial charge on any atom is 0.274 e. The first-order valence-electron chi connectivity index (χ1n) is 7.45. The van der Waals surface area contributed by atoms with E-state index in [4.69, 9.17) is 0 Å². The second kappa shape index (κ2) is 5.95. The number of rotatable bonds is 3. The van der Waals surface area contributed by atoms with E-state index in [0.29, 0.717) is 15.2 Å². The highest BCUT2D eigenvalue weighted by Crippen LogP contribution is 2.22. The summed E-state index contributed by atoms with van der Waals surface area (Å²) < 4.78 is 2.12. The van der Waals surface area contributed by atoms with E-state index >= 15 is 0 Å². The summed E-state index contributed by atoms with van der Waals surface area (Å²) >= 11 is 1.32. The molecule has 122 valence electrons. The molecule has 2 aromatic heterocycles. The van der Waals surface area contributed by atoms with Crippen molar-refractivity contribution in [3.63, 3.8) is 0 Å². The van der Waals surface area contributed by atoms with E-state index in [0.717, 1.165) is 11.1 Å². The minimum atomic E-state index is -0.447. The Morgan fingerprint density at radius 2 is 1.80 bits per heavy atom. The number of nitro groups is 1. The molecular weight excluding hydrogens is 338 g/mol. The van der Waals surface area contributed by atoms with Gasteiger partial charge in [-0.25, -0.2) is 4.98 Å². The molecule has 25 heavy (non-hydrogen) atoms. The van der Waals surface area contributed by atoms with Crippen molar-refractivity contribution in [2.45, 2.75) is 0 Å². The van der Waals surface area contributed by atoms with Gasteiger partial charge in [-0.05, 0) is 23.8 Å². The average Bonchev–Trinajstić information content (AvgIpc) is 3.16. The predicted molar refractivity (Wildman–Crippen MR) is 96.7 cm³/mol. The van der Waals surface area contributed by atoms with E-state index in [-0.39, 0.29) is 11.2 Å². The highest BCUT2D eigenvalue weighted by molar-refractivity contribution is 7.15. The van der Waals surface area contributed by atoms with Crippen LogP contribution in [0.3, 0.4) is 0 Å². The summed E-state index contributed by atoms with van der Waals surface area (Å²) in [5.41, 5.74) is 2.21. The molecule has 7 heteroatoms. The van der Waals surface area contributed by atoms with Gasteiger partial charge in [-0.3, -0.25) is 19.3 Å². The van der Waals surface area contributed by atoms with Crippen LogP contribution in [0.4, 0.5) is 5.69 Å². The van der Waals surface area contributed by atoms with E-state index < -0.39 is 4.92 Å². The molecule has 0 radical (unpaired) electrons. The van der Waals surface area contributed by atoms with Gasteiger partial charge in [0.25, 0.3) is 11.2 Å². The summed E-state index contributed by atoms with van der Waals surface area (Å²) in [6.45, 7) is 0. The van der Waals surface area contributed by atoms with Gasteiger partial charge < -0.3 is 0 Å². The van der Waals surface area contributed by atoms with Gasteiger partial charge in [-0.15, -0.1) is 0 Å². The smallest absolute Gasteiger partial charge is 0.267 e. The lowest BCUT2D eigenvalue weighted by atomic mass is 10.1. The fourth-order valence-corrected chi connectivity index (χ4v) is 3.48. The van der Waals surface area contributed by atoms with Gasteiger partial charge in [0, 0.05) is 23.9 Å². The minimum absolute atomic E-state index is 0.0223. The molecule has 0 fully saturated rings. The maximum absolute atomic E-state index is 12.5. The summed E-state index contributed by atoms with van der Waals surface area (Å²) in [6, 6.07) is 15.7. The van der Waals surface area contributed by atoms with Crippen LogP contribution in [0.1, 0.15) is 5.56 Å². The maximum atomic E-state index is 12.5. The highest BCUT2D eigenvalue weighted by Gasteiger charge is 2.11. The molecule has 6 nitrogen and oxygen atoms in total. The van der Waals surface area contributed by atoms with Gasteiger partial charge in [-0.2, -0.15) is 0 Å². The molecule has 0 N–H and O–H groups in total. The number of benzene rings is 2. The molecule has 4 aromatic rings. The standard InChI is InChI=1S/C18H11N3O3S/c22-17-16(10-12-4-2-1-3-5-12)25-18-19-15(11-20(17)18)13-6-8-14(9-7-13)21(23)24/h1-11H/b16-10+. The first kappa shape index (κ1) is 15.2. The van der Waals surface area contributed by atoms with E-state index in [9.17, 15) is 14.9 Å². The number of imidazole rings is 1. The number of aromatic nitrogens is 2. The van der Waals surface area contributed by atoms with Gasteiger partial charge in [-0.1, -0.05) is 41.7 Å². The Morgan fingerprint density at radius 3 is 2.44 bits per heavy atom. The fourth-order valence-electron chi connectivity index (χ4n) is 2.53. The summed E-state index contributed by atoms with van der Waals surface area (Å²) in [5.74, 6) is 0. The molecule has 0 aliphatic rings. The van der Waals surface area contributed by atoms with Crippen molar-refractivity contribution >= 4 is 28.1 Å². The van der Waals surface area contributed by atoms with Crippen LogP contribution < -0.4 is 10.1 Å². The SMILES string of the molecule is O=c1/c(=C\c2ccccc2)sc2nc(-c3ccc([N+](=O)[O-])cc3)cn12. The Kier molecular flexibility index (Phi) is 3.62. The normalized spacial score (nSPS) is 11.9. The Bertz CT molecular complexity index is 1180. The molecule has 0 bridgehead atoms. The summed E-state index contributed by atoms with van der Waals surface area (Å²) in [5, 5.41) is 10.7. The van der Waals surface area contributed by atoms with Crippen molar-refractivity contribution in [1.82, 2.24) is 9.38 Å². The molecule has 2 aromatic carbocycles. The van der Waals surface area contributed by atoms with E-state index in [1.54, 1.807) is 18.3 Å². The van der Waals surface area contributed by atoms with Gasteiger partial charge >= 0.3 is 0 Å². The Balaban J connectivity index is 1.76. The molecule has 0 amide bonds. The molecule has 0 aliphatic heterocycles. The number of nitrogens with zero attached hydrogens (tertiary/aromatic N) is 3. The molecule has 2 heterocycles. The third-order valence-electron chi connectivity index (χ3n) is 3.78. The van der Waals surface area contributed by atoms with Crippen molar-refractivity contribution in [2.24, 2.45) is 0 Å². The number of fused-ring (bicyclic) bond motifs is 1. The molecule has 0 aliphatic carbocycles. The molecule has 4 rings (SSSR count). The van der Waals surface area contributed by atoms with Crippen molar-refractivity contribution in [3.05, 3.63) is 91.4 Å². The van der Waals surface area contributed by atoms with Crippen LogP contribution in [0.5, 0.6) is 0 Å². The third kappa shape index (κ3) is 2.81. The lowest BCUT2D eigenvalue weighted by Gasteiger charge is -1.95. The second-order valence-corrected chi connectivity index (χ2v) is 6.42. The average molecular weight is 349 g/mol. The van der Waals surface area contributed by atoms with Gasteiger partial charge in [0.2, 0.25) is 0 Å². The highest BCUT2D eigenvalue weighted by atomic mass is 32.1. The first-order chi connectivity index (χ1) is 12.1. The molecule has 0 atom stereocenters. The van der Waals surface area contributed by atoms with Crippen molar-refractivity contribution in [3.8, 4) is 11.3 Å². The number of non-ortho nitro benzene ring substituents is 1. The molecule has 0 unspecified atom stereocenters. The van der Waals surface area contributed by atoms with Crippen molar-refractivity contribution in [1.29, 1.82) is 0 Å². The Hall–Kier alpha value is -3.32. The lowest BCUT2D eigenvalue weighted by molar-refractivity contribution is -0.384. The topological polar surface area (TPSA) is 77.5 Å². The largest absolute Gasteiger partial charge is 0.274 e. The van der Waals surface area contributed by atoms with Crippen LogP contribution in [-0.2, 0) is 0 Å². The molecular formula is C18H11N3O3S. The Morgan fingerprint density at radius 1 is 1.08 bits per heavy atom. The molecule has 0 saturated carbocycles. The Labute approximate surface area is 145 Å². The van der Waals surface area contributed by atoms with Gasteiger partial charge in [0.1, 0.15) is 0 Å². The number of hydrogen-bond donors (Lipinski definition) is 0. The number of thiazole rings is 1. The third-order valence-corrected chi connectivity index (χ3v) is 4.76. The number of hydrogen-bond acceptors (Lipinski definition) is 5. The van der Waals surface area contributed by atoms with Crippen LogP contribution in [0.2, 0.25) is 0 Å². The van der Waals surface area contributed by atoms with Crippen LogP contribution in [-0.4, -0.2) is 14.3 Å². The van der Waals surface area contributed by atoms with E-state index in [1.165, 1.54) is 27.9 Å². The zero-order chi connectivity index (χ0) is 17.4. The predicted octanol–water partition coefficient (Wildman–Crippen LogP) is 2.88. The van der Waals surface area contributed by atoms with Crippen LogP contribution in [0.25, 0.3) is 22.3 Å². The second-order valence-electron chi connectivity index (χ2n) is 5.41. The van der Waals surface area contributed by atoms with E-state index in [2.05, 4.69) is 4.98 Å². The van der Waals surface area contributed by atoms with Crippen LogP contribution >= 0.6 is 11.3 Å². The zero-order valence-electron chi connectivity index (χ0n) is 12.8. The summed E-state index contributed by atoms with van der Waals surface area (Å²) in [6.07, 6.45) is 3.50. The van der Waals surface area contributed by atoms with Crippen LogP contribution in [0.15, 0.2) is 65.6 Å². The molecule has 0 spiro atoms. The summed E-state index contributed by atoms with van der Waals surface area (Å²) in [7, 11) is 0. The van der Waals surface area contributed by atoms with Crippen molar-refractivity contribution in [2.75, 3.05) is 0 Å². The van der Waals surface area contributed by atoms with Gasteiger partial charge in [0.15, 0.2) is 4.96 Å². The lowest BCUT2D eigenvalue weighted by Crippen LogP contribution is -2.22. The number of nitro benzene ring substituents is 1. The van der Waals surface area contributed by atoms with Crippen LogP contribution in [0, 0.1) is 10.1 Å². The quantitative estimate of drug-likeness (QED) is 0.421. The van der Waals surface area contributed by atoms with E-state index in [1.807, 2.05) is 36.4 Å². The van der Waals surface area contributed by atoms with Crippen molar-refractivity contribution < 1.29 is 4.92 Å². The minimum Gasteiger partial charge on any atom is -0.267 e.